The van der Waals surface area contributed by atoms with Gasteiger partial charge in [0.2, 0.25) is 0 Å². The van der Waals surface area contributed by atoms with E-state index in [0.717, 1.165) is 19.8 Å². The van der Waals surface area contributed by atoms with Crippen LogP contribution in [0.25, 0.3) is 0 Å². The van der Waals surface area contributed by atoms with Crippen LogP contribution in [0.2, 0.25) is 0 Å². The largest absolute Gasteiger partial charge is 0.380 e. The highest BCUT2D eigenvalue weighted by Crippen LogP contribution is 2.12. The Kier molecular flexibility index (Phi) is 8.83. The van der Waals surface area contributed by atoms with E-state index < -0.39 is 0 Å². The van der Waals surface area contributed by atoms with E-state index in [4.69, 9.17) is 9.47 Å². The molecule has 0 aromatic carbocycles. The Morgan fingerprint density at radius 1 is 0.882 bits per heavy atom. The Hall–Kier alpha value is -0.120. The summed E-state index contributed by atoms with van der Waals surface area (Å²) in [5, 5.41) is 0. The number of nitrogens with zero attached hydrogens (tertiary/aromatic N) is 1. The maximum Gasteiger partial charge on any atom is 0.0647 e. The first-order valence-electron chi connectivity index (χ1n) is 6.86. The van der Waals surface area contributed by atoms with Crippen LogP contribution in [0, 0.1) is 0 Å². The fraction of sp³-hybridized carbons (Fsp3) is 1.00. The monoisotopic (exact) mass is 245 g/mol. The molecule has 0 aromatic heterocycles. The quantitative estimate of drug-likeness (QED) is 0.623. The van der Waals surface area contributed by atoms with E-state index in [1.165, 1.54) is 0 Å². The molecule has 0 amide bonds. The van der Waals surface area contributed by atoms with E-state index in [1.807, 2.05) is 6.92 Å². The van der Waals surface area contributed by atoms with Gasteiger partial charge in [0, 0.05) is 18.7 Å². The predicted molar refractivity (Wildman–Crippen MR) is 73.5 cm³/mol. The molecule has 0 aliphatic heterocycles. The van der Waals surface area contributed by atoms with Gasteiger partial charge in [0.25, 0.3) is 0 Å². The first kappa shape index (κ1) is 16.9. The highest BCUT2D eigenvalue weighted by Gasteiger charge is 2.24. The summed E-state index contributed by atoms with van der Waals surface area (Å²) in [7, 11) is 0. The van der Waals surface area contributed by atoms with Crippen molar-refractivity contribution in [3.05, 3.63) is 0 Å². The highest BCUT2D eigenvalue weighted by atomic mass is 16.5. The van der Waals surface area contributed by atoms with Crippen LogP contribution in [0.1, 0.15) is 48.5 Å². The molecule has 0 aliphatic carbocycles. The van der Waals surface area contributed by atoms with Crippen molar-refractivity contribution in [3.8, 4) is 0 Å². The zero-order chi connectivity index (χ0) is 13.4. The van der Waals surface area contributed by atoms with E-state index in [2.05, 4.69) is 46.4 Å². The average Bonchev–Trinajstić information content (AvgIpc) is 2.20. The molecular weight excluding hydrogens is 214 g/mol. The molecule has 1 unspecified atom stereocenters. The van der Waals surface area contributed by atoms with Gasteiger partial charge in [0.1, 0.15) is 0 Å². The molecular formula is C14H31NO2. The summed E-state index contributed by atoms with van der Waals surface area (Å²) >= 11 is 0. The summed E-state index contributed by atoms with van der Waals surface area (Å²) in [5.41, 5.74) is 0. The van der Waals surface area contributed by atoms with Crippen molar-refractivity contribution in [2.75, 3.05) is 19.8 Å². The van der Waals surface area contributed by atoms with E-state index in [0.29, 0.717) is 18.1 Å². The van der Waals surface area contributed by atoms with Gasteiger partial charge >= 0.3 is 0 Å². The molecule has 104 valence electrons. The Bertz CT molecular complexity index is 173. The number of ether oxygens (including phenoxy) is 2. The molecule has 0 spiro atoms. The summed E-state index contributed by atoms with van der Waals surface area (Å²) in [6.07, 6.45) is 0.278. The van der Waals surface area contributed by atoms with Crippen LogP contribution in [0.15, 0.2) is 0 Å². The molecule has 0 bridgehead atoms. The summed E-state index contributed by atoms with van der Waals surface area (Å²) in [6.45, 7) is 17.4. The molecule has 3 heteroatoms. The fourth-order valence-electron chi connectivity index (χ4n) is 2.22. The smallest absolute Gasteiger partial charge is 0.0647 e. The Morgan fingerprint density at radius 2 is 1.41 bits per heavy atom. The third-order valence-corrected chi connectivity index (χ3v) is 2.75. The van der Waals surface area contributed by atoms with Gasteiger partial charge in [0.15, 0.2) is 0 Å². The second kappa shape index (κ2) is 8.90. The molecule has 0 aliphatic rings. The van der Waals surface area contributed by atoms with Crippen molar-refractivity contribution in [1.29, 1.82) is 0 Å². The normalized spacial score (nSPS) is 14.3. The van der Waals surface area contributed by atoms with Crippen LogP contribution in [-0.2, 0) is 9.47 Å². The molecule has 0 saturated heterocycles. The Balaban J connectivity index is 4.49. The molecule has 1 atom stereocenters. The highest BCUT2D eigenvalue weighted by molar-refractivity contribution is 4.77. The van der Waals surface area contributed by atoms with Crippen LogP contribution < -0.4 is 0 Å². The van der Waals surface area contributed by atoms with Gasteiger partial charge in [0.05, 0.1) is 25.4 Å². The molecule has 0 heterocycles. The van der Waals surface area contributed by atoms with Crippen molar-refractivity contribution in [2.45, 2.75) is 72.7 Å². The average molecular weight is 245 g/mol. The van der Waals surface area contributed by atoms with E-state index in [9.17, 15) is 0 Å². The predicted octanol–water partition coefficient (Wildman–Crippen LogP) is 2.94. The summed E-state index contributed by atoms with van der Waals surface area (Å²) in [4.78, 5) is 2.47. The third kappa shape index (κ3) is 7.02. The maximum absolute atomic E-state index is 5.76. The van der Waals surface area contributed by atoms with Crippen molar-refractivity contribution >= 4 is 0 Å². The molecule has 0 radical (unpaired) electrons. The molecule has 0 fully saturated rings. The first-order chi connectivity index (χ1) is 7.90. The SMILES string of the molecule is CCOCC(COC(C)C)N(C(C)C)C(C)C. The zero-order valence-corrected chi connectivity index (χ0v) is 12.7. The molecule has 17 heavy (non-hydrogen) atoms. The van der Waals surface area contributed by atoms with Crippen LogP contribution in [0.3, 0.4) is 0 Å². The van der Waals surface area contributed by atoms with Crippen molar-refractivity contribution < 1.29 is 9.47 Å². The molecule has 0 aromatic rings. The van der Waals surface area contributed by atoms with Crippen LogP contribution >= 0.6 is 0 Å². The van der Waals surface area contributed by atoms with Gasteiger partial charge in [-0.15, -0.1) is 0 Å². The van der Waals surface area contributed by atoms with Gasteiger partial charge in [-0.25, -0.2) is 0 Å². The molecule has 0 saturated carbocycles. The lowest BCUT2D eigenvalue weighted by Crippen LogP contribution is -2.49. The number of hydrogen-bond donors (Lipinski definition) is 0. The van der Waals surface area contributed by atoms with Gasteiger partial charge < -0.3 is 9.47 Å². The molecule has 3 nitrogen and oxygen atoms in total. The minimum atomic E-state index is 0.278. The van der Waals surface area contributed by atoms with Crippen LogP contribution in [-0.4, -0.2) is 49.0 Å². The van der Waals surface area contributed by atoms with Gasteiger partial charge in [-0.2, -0.15) is 0 Å². The van der Waals surface area contributed by atoms with Gasteiger partial charge in [-0.1, -0.05) is 0 Å². The zero-order valence-electron chi connectivity index (χ0n) is 12.7. The van der Waals surface area contributed by atoms with Crippen LogP contribution in [0.4, 0.5) is 0 Å². The lowest BCUT2D eigenvalue weighted by Gasteiger charge is -2.38. The lowest BCUT2D eigenvalue weighted by atomic mass is 10.1. The standard InChI is InChI=1S/C14H31NO2/c1-8-16-9-14(10-17-13(6)7)15(11(2)3)12(4)5/h11-14H,8-10H2,1-7H3. The second-order valence-corrected chi connectivity index (χ2v) is 5.33. The van der Waals surface area contributed by atoms with Crippen LogP contribution in [0.5, 0.6) is 0 Å². The maximum atomic E-state index is 5.76. The lowest BCUT2D eigenvalue weighted by molar-refractivity contribution is -0.0325. The van der Waals surface area contributed by atoms with Gasteiger partial charge in [-0.05, 0) is 48.5 Å². The molecule has 0 rings (SSSR count). The third-order valence-electron chi connectivity index (χ3n) is 2.75. The number of hydrogen-bond acceptors (Lipinski definition) is 3. The van der Waals surface area contributed by atoms with E-state index >= 15 is 0 Å². The minimum absolute atomic E-state index is 0.278. The number of rotatable bonds is 9. The minimum Gasteiger partial charge on any atom is -0.380 e. The van der Waals surface area contributed by atoms with E-state index in [-0.39, 0.29) is 6.10 Å². The summed E-state index contributed by atoms with van der Waals surface area (Å²) in [5.74, 6) is 0. The topological polar surface area (TPSA) is 21.7 Å². The fourth-order valence-corrected chi connectivity index (χ4v) is 2.22. The summed E-state index contributed by atoms with van der Waals surface area (Å²) < 4.78 is 11.3. The Morgan fingerprint density at radius 3 is 1.76 bits per heavy atom. The summed E-state index contributed by atoms with van der Waals surface area (Å²) in [6, 6.07) is 1.37. The van der Waals surface area contributed by atoms with E-state index in [1.54, 1.807) is 0 Å². The Labute approximate surface area is 107 Å². The van der Waals surface area contributed by atoms with Crippen molar-refractivity contribution in [3.63, 3.8) is 0 Å². The molecule has 0 N–H and O–H groups in total. The first-order valence-corrected chi connectivity index (χ1v) is 6.86. The second-order valence-electron chi connectivity index (χ2n) is 5.33. The van der Waals surface area contributed by atoms with Gasteiger partial charge in [-0.3, -0.25) is 4.90 Å². The van der Waals surface area contributed by atoms with Crippen molar-refractivity contribution in [2.24, 2.45) is 0 Å². The van der Waals surface area contributed by atoms with Crippen molar-refractivity contribution in [1.82, 2.24) is 4.90 Å².